The second kappa shape index (κ2) is 23.2. The molecule has 4 bridgehead atoms. The Morgan fingerprint density at radius 2 is 1.55 bits per heavy atom. The smallest absolute Gasteiger partial charge is 0.274 e. The molecule has 0 aliphatic carbocycles. The number of aliphatic hydroxyl groups is 2. The number of Topliss-reactive ketones (excluding diaryl/α,β-unsaturated/α-hetero) is 3. The predicted molar refractivity (Wildman–Crippen MR) is 264 cm³/mol. The summed E-state index contributed by atoms with van der Waals surface area (Å²) >= 11 is 0. The van der Waals surface area contributed by atoms with E-state index in [-0.39, 0.29) is 82.6 Å². The molecule has 0 spiro atoms. The molecule has 2 heterocycles. The third-order valence-electron chi connectivity index (χ3n) is 12.1. The molecular formula is C49H65N9O12S. The van der Waals surface area contributed by atoms with Crippen molar-refractivity contribution in [2.75, 3.05) is 45.6 Å². The van der Waals surface area contributed by atoms with Gasteiger partial charge in [-0.1, -0.05) is 58.0 Å². The Labute approximate surface area is 412 Å². The van der Waals surface area contributed by atoms with E-state index in [2.05, 4.69) is 40.8 Å². The van der Waals surface area contributed by atoms with Gasteiger partial charge in [-0.2, -0.15) is 8.42 Å². The van der Waals surface area contributed by atoms with E-state index >= 15 is 0 Å². The summed E-state index contributed by atoms with van der Waals surface area (Å²) in [4.78, 5) is 80.8. The molecule has 3 aromatic carbocycles. The number of anilines is 1. The molecule has 0 fully saturated rings. The van der Waals surface area contributed by atoms with Crippen LogP contribution in [0.15, 0.2) is 54.6 Å². The summed E-state index contributed by atoms with van der Waals surface area (Å²) in [5, 5.41) is 40.7. The fourth-order valence-electron chi connectivity index (χ4n) is 8.02. The Balaban J connectivity index is 1.67. The largest absolute Gasteiger partial charge is 0.504 e. The van der Waals surface area contributed by atoms with Crippen LogP contribution in [0.3, 0.4) is 0 Å². The number of hydrogen-bond donors (Lipinski definition) is 9. The van der Waals surface area contributed by atoms with Crippen LogP contribution in [-0.2, 0) is 41.2 Å². The van der Waals surface area contributed by atoms with Crippen molar-refractivity contribution in [1.29, 1.82) is 0 Å². The minimum absolute atomic E-state index is 0.00962. The molecule has 4 aromatic rings. The number of nitrogen functional groups attached to an aromatic ring is 1. The number of benzene rings is 3. The van der Waals surface area contributed by atoms with Gasteiger partial charge < -0.3 is 52.2 Å². The van der Waals surface area contributed by atoms with Crippen LogP contribution in [0.25, 0.3) is 22.5 Å². The minimum Gasteiger partial charge on any atom is -0.504 e. The molecule has 0 unspecified atom stereocenters. The zero-order chi connectivity index (χ0) is 52.7. The molecule has 22 heteroatoms. The summed E-state index contributed by atoms with van der Waals surface area (Å²) < 4.78 is 38.6. The quantitative estimate of drug-likeness (QED) is 0.0638. The summed E-state index contributed by atoms with van der Waals surface area (Å²) in [7, 11) is -3.24. The molecule has 71 heavy (non-hydrogen) atoms. The Kier molecular flexibility index (Phi) is 18.2. The molecule has 0 radical (unpaired) electrons. The van der Waals surface area contributed by atoms with Gasteiger partial charge in [0, 0.05) is 62.1 Å². The zero-order valence-electron chi connectivity index (χ0n) is 40.9. The Morgan fingerprint density at radius 1 is 0.930 bits per heavy atom. The SMILES string of the molecule is CC(=O)[C@@H]1Cc2ccc(OC[C@H](O)CN)c(c2)-c2cc(cc(OC[C@@H](O)CN)c2O)[C@H](N(C)C(=O)[C@H](CNS(N)(=O)=O)CC(=O)c2c(C)nc(-c3ccc(C(C)(C)C)cc3)nc2N)C(=O)C[C@@H](C)C(=O)N1. The van der Waals surface area contributed by atoms with E-state index in [1.165, 1.54) is 46.0 Å². The number of carbonyl (C=O) groups excluding carboxylic acids is 5. The molecule has 5 rings (SSSR count). The van der Waals surface area contributed by atoms with Crippen LogP contribution in [0.2, 0.25) is 0 Å². The Bertz CT molecular complexity index is 2730. The number of ketones is 3. The molecule has 1 aromatic heterocycles. The van der Waals surface area contributed by atoms with Crippen LogP contribution in [0, 0.1) is 18.8 Å². The molecule has 2 amide bonds. The van der Waals surface area contributed by atoms with Gasteiger partial charge in [-0.25, -0.2) is 19.8 Å². The lowest BCUT2D eigenvalue weighted by Crippen LogP contribution is -2.46. The number of aromatic hydroxyl groups is 1. The number of phenols is 1. The highest BCUT2D eigenvalue weighted by atomic mass is 32.2. The highest BCUT2D eigenvalue weighted by Gasteiger charge is 2.38. The van der Waals surface area contributed by atoms with E-state index in [0.717, 1.165) is 10.5 Å². The average Bonchev–Trinajstić information content (AvgIpc) is 3.30. The van der Waals surface area contributed by atoms with Crippen LogP contribution >= 0.6 is 0 Å². The number of fused-ring (bicyclic) bond motifs is 5. The first-order valence-corrected chi connectivity index (χ1v) is 24.4. The minimum atomic E-state index is -4.47. The maximum Gasteiger partial charge on any atom is 0.274 e. The number of aryl methyl sites for hydroxylation is 1. The fourth-order valence-corrected chi connectivity index (χ4v) is 8.45. The van der Waals surface area contributed by atoms with Gasteiger partial charge in [0.2, 0.25) is 11.8 Å². The Hall–Kier alpha value is -6.40. The first kappa shape index (κ1) is 55.5. The van der Waals surface area contributed by atoms with Gasteiger partial charge in [-0.3, -0.25) is 24.0 Å². The third kappa shape index (κ3) is 14.1. The number of nitrogens with zero attached hydrogens (tertiary/aromatic N) is 3. The third-order valence-corrected chi connectivity index (χ3v) is 12.7. The number of aromatic nitrogens is 2. The molecule has 13 N–H and O–H groups in total. The molecule has 1 aliphatic heterocycles. The Morgan fingerprint density at radius 3 is 2.11 bits per heavy atom. The molecule has 0 saturated heterocycles. The van der Waals surface area contributed by atoms with Gasteiger partial charge >= 0.3 is 0 Å². The number of amides is 2. The molecule has 21 nitrogen and oxygen atoms in total. The number of phenolic OH excluding ortho intramolecular Hbond substituents is 1. The monoisotopic (exact) mass is 1000 g/mol. The van der Waals surface area contributed by atoms with E-state index in [9.17, 15) is 47.7 Å². The average molecular weight is 1000 g/mol. The molecule has 1 aliphatic rings. The number of aliphatic hydroxyl groups excluding tert-OH is 2. The summed E-state index contributed by atoms with van der Waals surface area (Å²) in [5.74, 6) is -6.83. The van der Waals surface area contributed by atoms with Crippen molar-refractivity contribution in [3.8, 4) is 39.8 Å². The molecule has 6 atom stereocenters. The number of hydrogen-bond acceptors (Lipinski definition) is 17. The second-order valence-corrected chi connectivity index (χ2v) is 20.3. The van der Waals surface area contributed by atoms with Gasteiger partial charge in [0.15, 0.2) is 34.7 Å². The number of ether oxygens (including phenoxy) is 2. The summed E-state index contributed by atoms with van der Waals surface area (Å²) in [6.07, 6.45) is -3.56. The molecular weight excluding hydrogens is 939 g/mol. The number of rotatable bonds is 18. The van der Waals surface area contributed by atoms with Crippen molar-refractivity contribution < 1.29 is 57.2 Å². The first-order valence-electron chi connectivity index (χ1n) is 22.9. The van der Waals surface area contributed by atoms with Gasteiger partial charge in [0.05, 0.1) is 23.2 Å². The van der Waals surface area contributed by atoms with Crippen LogP contribution < -0.4 is 41.9 Å². The fraction of sp³-hybridized carbons (Fsp3) is 0.449. The van der Waals surface area contributed by atoms with Crippen molar-refractivity contribution >= 4 is 45.2 Å². The number of likely N-dealkylation sites (N-methyl/N-ethyl adjacent to an activating group) is 1. The van der Waals surface area contributed by atoms with Gasteiger partial charge in [-0.05, 0) is 66.6 Å². The van der Waals surface area contributed by atoms with E-state index in [1.807, 2.05) is 24.3 Å². The van der Waals surface area contributed by atoms with Crippen molar-refractivity contribution in [3.63, 3.8) is 0 Å². The lowest BCUT2D eigenvalue weighted by atomic mass is 9.86. The van der Waals surface area contributed by atoms with Crippen LogP contribution in [0.1, 0.15) is 86.2 Å². The lowest BCUT2D eigenvalue weighted by molar-refractivity contribution is -0.142. The molecule has 384 valence electrons. The maximum atomic E-state index is 15.0. The number of nitrogens with one attached hydrogen (secondary N) is 2. The van der Waals surface area contributed by atoms with Crippen molar-refractivity contribution in [1.82, 2.24) is 24.9 Å². The van der Waals surface area contributed by atoms with Gasteiger partial charge in [0.1, 0.15) is 43.0 Å². The number of carbonyl (C=O) groups is 5. The van der Waals surface area contributed by atoms with E-state index in [0.29, 0.717) is 11.1 Å². The van der Waals surface area contributed by atoms with Crippen LogP contribution in [0.5, 0.6) is 17.2 Å². The van der Waals surface area contributed by atoms with E-state index in [4.69, 9.17) is 31.8 Å². The standard InChI is InChI=1S/C49H65N9O12S/c1-25-14-39(63)43(58(7)48(66)31(22-54-71(53,67)68)18-38(62)42-26(2)55-46(57-45(42)52)29-9-11-32(12-10-29)49(4,5)6)30-17-36(44(64)41(19-30)70-24-34(61)21-51)35-15-28(16-37(27(3)59)56-47(25)65)8-13-40(35)69-23-33(60)20-50/h8-13,15,17,19,25,31,33-34,37,43,54,60-61,64H,14,16,18,20-24,50-51H2,1-7H3,(H,56,65)(H2,52,55,57)(H2,53,67,68)/t25-,31+,33-,34+,37+,43+/m1/s1. The summed E-state index contributed by atoms with van der Waals surface area (Å²) in [6, 6.07) is 12.1. The maximum absolute atomic E-state index is 15.0. The second-order valence-electron chi connectivity index (χ2n) is 18.9. The zero-order valence-corrected chi connectivity index (χ0v) is 41.7. The van der Waals surface area contributed by atoms with Crippen molar-refractivity contribution in [3.05, 3.63) is 82.5 Å². The predicted octanol–water partition coefficient (Wildman–Crippen LogP) is 1.51. The van der Waals surface area contributed by atoms with Crippen LogP contribution in [-0.4, -0.2) is 126 Å². The highest BCUT2D eigenvalue weighted by Crippen LogP contribution is 2.45. The van der Waals surface area contributed by atoms with Crippen molar-refractivity contribution in [2.24, 2.45) is 28.4 Å². The summed E-state index contributed by atoms with van der Waals surface area (Å²) in [5.41, 5.74) is 19.9. The normalized spacial score (nSPS) is 17.8. The molecule has 0 saturated carbocycles. The van der Waals surface area contributed by atoms with Crippen molar-refractivity contribution in [2.45, 2.75) is 90.5 Å². The van der Waals surface area contributed by atoms with E-state index in [1.54, 1.807) is 12.1 Å². The number of nitrogens with two attached hydrogens (primary N) is 4. The van der Waals surface area contributed by atoms with Gasteiger partial charge in [-0.15, -0.1) is 0 Å². The highest BCUT2D eigenvalue weighted by molar-refractivity contribution is 7.87. The topological polar surface area (TPSA) is 356 Å². The summed E-state index contributed by atoms with van der Waals surface area (Å²) in [6.45, 7) is 8.64. The lowest BCUT2D eigenvalue weighted by Gasteiger charge is -2.32. The van der Waals surface area contributed by atoms with Crippen LogP contribution in [0.4, 0.5) is 5.82 Å². The van der Waals surface area contributed by atoms with E-state index < -0.39 is 107 Å². The first-order chi connectivity index (χ1) is 33.2. The van der Waals surface area contributed by atoms with Gasteiger partial charge in [0.25, 0.3) is 10.2 Å².